The van der Waals surface area contributed by atoms with Gasteiger partial charge in [0.2, 0.25) is 0 Å². The molecule has 3 heteroatoms. The minimum atomic E-state index is -0.454. The highest BCUT2D eigenvalue weighted by molar-refractivity contribution is 9.10. The summed E-state index contributed by atoms with van der Waals surface area (Å²) in [6.45, 7) is 5.28. The lowest BCUT2D eigenvalue weighted by atomic mass is 10.2. The van der Waals surface area contributed by atoms with Crippen molar-refractivity contribution in [1.29, 1.82) is 0 Å². The van der Waals surface area contributed by atoms with Gasteiger partial charge in [-0.2, -0.15) is 0 Å². The monoisotopic (exact) mass is 240 g/mol. The molecule has 0 bridgehead atoms. The number of carbonyl (C=O) groups is 1. The molecule has 0 aromatic heterocycles. The Morgan fingerprint density at radius 1 is 1.62 bits per heavy atom. The van der Waals surface area contributed by atoms with Gasteiger partial charge in [-0.1, -0.05) is 12.6 Å². The van der Waals surface area contributed by atoms with Gasteiger partial charge in [0.25, 0.3) is 0 Å². The third-order valence-corrected chi connectivity index (χ3v) is 2.08. The first kappa shape index (κ1) is 9.99. The summed E-state index contributed by atoms with van der Waals surface area (Å²) < 4.78 is 5.71. The normalized spacial score (nSPS) is 9.38. The van der Waals surface area contributed by atoms with E-state index < -0.39 is 5.97 Å². The fourth-order valence-corrected chi connectivity index (χ4v) is 1.41. The van der Waals surface area contributed by atoms with Gasteiger partial charge in [-0.15, -0.1) is 0 Å². The number of hydrogen-bond acceptors (Lipinski definition) is 2. The number of ether oxygens (including phenoxy) is 1. The first-order valence-electron chi connectivity index (χ1n) is 3.74. The zero-order chi connectivity index (χ0) is 9.84. The Hall–Kier alpha value is -1.09. The molecule has 0 radical (unpaired) electrons. The number of rotatable bonds is 2. The van der Waals surface area contributed by atoms with Gasteiger partial charge in [0.15, 0.2) is 0 Å². The van der Waals surface area contributed by atoms with E-state index in [4.69, 9.17) is 4.74 Å². The third-order valence-electron chi connectivity index (χ3n) is 1.46. The minimum Gasteiger partial charge on any atom is -0.422 e. The second-order valence-electron chi connectivity index (χ2n) is 2.56. The van der Waals surface area contributed by atoms with Crippen LogP contribution >= 0.6 is 15.9 Å². The average molecular weight is 241 g/mol. The van der Waals surface area contributed by atoms with Gasteiger partial charge in [0, 0.05) is 6.08 Å². The molecule has 68 valence electrons. The van der Waals surface area contributed by atoms with E-state index in [0.717, 1.165) is 16.1 Å². The predicted octanol–water partition coefficient (Wildman–Crippen LogP) is 2.85. The molecular formula is C10H9BrO2. The van der Waals surface area contributed by atoms with Gasteiger partial charge >= 0.3 is 5.97 Å². The Bertz CT molecular complexity index is 345. The molecule has 0 spiro atoms. The molecule has 0 atom stereocenters. The largest absolute Gasteiger partial charge is 0.422 e. The number of esters is 1. The van der Waals surface area contributed by atoms with Crippen LogP contribution in [0.3, 0.4) is 0 Å². The molecule has 1 aromatic rings. The maximum absolute atomic E-state index is 10.9. The van der Waals surface area contributed by atoms with Crippen LogP contribution in [0.15, 0.2) is 35.3 Å². The van der Waals surface area contributed by atoms with E-state index in [2.05, 4.69) is 22.5 Å². The van der Waals surface area contributed by atoms with E-state index in [1.54, 1.807) is 6.07 Å². The maximum atomic E-state index is 10.9. The third kappa shape index (κ3) is 2.70. The molecule has 0 fully saturated rings. The molecule has 1 rings (SSSR count). The number of aryl methyl sites for hydroxylation is 1. The number of hydrogen-bond donors (Lipinski definition) is 0. The predicted molar refractivity (Wildman–Crippen MR) is 54.7 cm³/mol. The molecule has 0 amide bonds. The van der Waals surface area contributed by atoms with Crippen molar-refractivity contribution in [1.82, 2.24) is 0 Å². The lowest BCUT2D eigenvalue weighted by Crippen LogP contribution is -2.03. The Kier molecular flexibility index (Phi) is 3.25. The Balaban J connectivity index is 2.89. The zero-order valence-corrected chi connectivity index (χ0v) is 8.80. The standard InChI is InChI=1S/C10H9BrO2/c1-3-10(12)13-9-5-4-7(2)6-8(9)11/h3-6H,1H2,2H3. The second kappa shape index (κ2) is 4.23. The lowest BCUT2D eigenvalue weighted by Gasteiger charge is -2.04. The molecular weight excluding hydrogens is 232 g/mol. The van der Waals surface area contributed by atoms with Gasteiger partial charge in [0.05, 0.1) is 4.47 Å². The SMILES string of the molecule is C=CC(=O)Oc1ccc(C)cc1Br. The summed E-state index contributed by atoms with van der Waals surface area (Å²) in [6.07, 6.45) is 1.13. The second-order valence-corrected chi connectivity index (χ2v) is 3.41. The molecule has 0 saturated heterocycles. The molecule has 0 N–H and O–H groups in total. The van der Waals surface area contributed by atoms with Gasteiger partial charge < -0.3 is 4.74 Å². The molecule has 2 nitrogen and oxygen atoms in total. The van der Waals surface area contributed by atoms with Crippen molar-refractivity contribution in [2.75, 3.05) is 0 Å². The maximum Gasteiger partial charge on any atom is 0.335 e. The Morgan fingerprint density at radius 3 is 2.85 bits per heavy atom. The summed E-state index contributed by atoms with van der Waals surface area (Å²) in [7, 11) is 0. The molecule has 0 heterocycles. The van der Waals surface area contributed by atoms with Crippen LogP contribution in [0.2, 0.25) is 0 Å². The van der Waals surface area contributed by atoms with Crippen LogP contribution < -0.4 is 4.74 Å². The topological polar surface area (TPSA) is 26.3 Å². The van der Waals surface area contributed by atoms with E-state index in [0.29, 0.717) is 5.75 Å². The highest BCUT2D eigenvalue weighted by atomic mass is 79.9. The van der Waals surface area contributed by atoms with Crippen LogP contribution in [0.4, 0.5) is 0 Å². The average Bonchev–Trinajstić information content (AvgIpc) is 2.09. The fourth-order valence-electron chi connectivity index (χ4n) is 0.839. The van der Waals surface area contributed by atoms with E-state index in [1.165, 1.54) is 0 Å². The molecule has 0 unspecified atom stereocenters. The number of carbonyl (C=O) groups excluding carboxylic acids is 1. The van der Waals surface area contributed by atoms with Crippen LogP contribution in [0.1, 0.15) is 5.56 Å². The van der Waals surface area contributed by atoms with E-state index in [-0.39, 0.29) is 0 Å². The summed E-state index contributed by atoms with van der Waals surface area (Å²) in [5.41, 5.74) is 1.10. The molecule has 1 aromatic carbocycles. The van der Waals surface area contributed by atoms with E-state index in [1.807, 2.05) is 19.1 Å². The lowest BCUT2D eigenvalue weighted by molar-refractivity contribution is -0.129. The van der Waals surface area contributed by atoms with Crippen molar-refractivity contribution in [2.45, 2.75) is 6.92 Å². The van der Waals surface area contributed by atoms with Gasteiger partial charge in [-0.05, 0) is 40.5 Å². The fraction of sp³-hybridized carbons (Fsp3) is 0.100. The van der Waals surface area contributed by atoms with Crippen molar-refractivity contribution in [2.24, 2.45) is 0 Å². The molecule has 13 heavy (non-hydrogen) atoms. The van der Waals surface area contributed by atoms with Gasteiger partial charge in [-0.25, -0.2) is 4.79 Å². The summed E-state index contributed by atoms with van der Waals surface area (Å²) >= 11 is 3.29. The highest BCUT2D eigenvalue weighted by Gasteiger charge is 2.03. The molecule has 0 saturated carbocycles. The van der Waals surface area contributed by atoms with Crippen molar-refractivity contribution in [3.63, 3.8) is 0 Å². The summed E-state index contributed by atoms with van der Waals surface area (Å²) in [4.78, 5) is 10.9. The Labute approximate surface area is 85.3 Å². The van der Waals surface area contributed by atoms with Gasteiger partial charge in [-0.3, -0.25) is 0 Å². The van der Waals surface area contributed by atoms with Crippen molar-refractivity contribution in [3.05, 3.63) is 40.9 Å². The Morgan fingerprint density at radius 2 is 2.31 bits per heavy atom. The summed E-state index contributed by atoms with van der Waals surface area (Å²) in [5, 5.41) is 0. The quantitative estimate of drug-likeness (QED) is 0.452. The summed E-state index contributed by atoms with van der Waals surface area (Å²) in [6, 6.07) is 5.49. The smallest absolute Gasteiger partial charge is 0.335 e. The first-order valence-corrected chi connectivity index (χ1v) is 4.53. The van der Waals surface area contributed by atoms with Crippen LogP contribution in [-0.2, 0) is 4.79 Å². The molecule has 0 aliphatic rings. The van der Waals surface area contributed by atoms with Gasteiger partial charge in [0.1, 0.15) is 5.75 Å². The van der Waals surface area contributed by atoms with Crippen molar-refractivity contribution >= 4 is 21.9 Å². The van der Waals surface area contributed by atoms with E-state index in [9.17, 15) is 4.79 Å². The molecule has 0 aliphatic heterocycles. The zero-order valence-electron chi connectivity index (χ0n) is 7.21. The first-order chi connectivity index (χ1) is 6.13. The molecule has 0 aliphatic carbocycles. The van der Waals surface area contributed by atoms with Crippen LogP contribution in [-0.4, -0.2) is 5.97 Å². The van der Waals surface area contributed by atoms with E-state index >= 15 is 0 Å². The van der Waals surface area contributed by atoms with Crippen LogP contribution in [0, 0.1) is 6.92 Å². The van der Waals surface area contributed by atoms with Crippen molar-refractivity contribution in [3.8, 4) is 5.75 Å². The van der Waals surface area contributed by atoms with Crippen LogP contribution in [0.25, 0.3) is 0 Å². The minimum absolute atomic E-state index is 0.454. The summed E-state index contributed by atoms with van der Waals surface area (Å²) in [5.74, 6) is 0.0556. The number of benzene rings is 1. The number of halogens is 1. The highest BCUT2D eigenvalue weighted by Crippen LogP contribution is 2.25. The van der Waals surface area contributed by atoms with Crippen LogP contribution in [0.5, 0.6) is 5.75 Å². The van der Waals surface area contributed by atoms with Crippen molar-refractivity contribution < 1.29 is 9.53 Å².